The Hall–Kier alpha value is -1.39. The highest BCUT2D eigenvalue weighted by atomic mass is 35.5. The van der Waals surface area contributed by atoms with Crippen LogP contribution in [-0.2, 0) is 16.5 Å². The average Bonchev–Trinajstić information content (AvgIpc) is 2.32. The summed E-state index contributed by atoms with van der Waals surface area (Å²) in [7, 11) is -2.47. The molecule has 5 heteroatoms. The largest absolute Gasteiger partial charge is 0.265 e. The van der Waals surface area contributed by atoms with Gasteiger partial charge in [0, 0.05) is 18.0 Å². The van der Waals surface area contributed by atoms with Crippen molar-refractivity contribution < 1.29 is 8.42 Å². The van der Waals surface area contributed by atoms with Crippen LogP contribution in [0.25, 0.3) is 11.1 Å². The summed E-state index contributed by atoms with van der Waals surface area (Å²) in [5, 5.41) is 0.484. The Bertz CT molecular complexity index is 589. The van der Waals surface area contributed by atoms with Crippen molar-refractivity contribution in [3.8, 4) is 11.1 Å². The van der Waals surface area contributed by atoms with Crippen LogP contribution in [0, 0.1) is 0 Å². The third kappa shape index (κ3) is 2.84. The van der Waals surface area contributed by atoms with Gasteiger partial charge in [0.15, 0.2) is 0 Å². The van der Waals surface area contributed by atoms with Gasteiger partial charge >= 0.3 is 0 Å². The maximum Gasteiger partial charge on any atom is 0.144 e. The van der Waals surface area contributed by atoms with E-state index in [0.717, 1.165) is 11.1 Å². The zero-order valence-corrected chi connectivity index (χ0v) is 10.5. The predicted molar refractivity (Wildman–Crippen MR) is 68.7 cm³/mol. The number of halogens is 1. The van der Waals surface area contributed by atoms with Gasteiger partial charge in [-0.25, -0.2) is 8.42 Å². The van der Waals surface area contributed by atoms with E-state index in [1.54, 1.807) is 24.5 Å². The first-order valence-corrected chi connectivity index (χ1v) is 6.72. The number of nitrogens with zero attached hydrogens (tertiary/aromatic N) is 1. The van der Waals surface area contributed by atoms with Crippen molar-refractivity contribution in [2.75, 3.05) is 0 Å². The van der Waals surface area contributed by atoms with E-state index in [4.69, 9.17) is 11.6 Å². The fraction of sp³-hybridized carbons (Fsp3) is 0.0833. The zero-order chi connectivity index (χ0) is 12.3. The first-order valence-electron chi connectivity index (χ1n) is 4.98. The molecule has 0 aliphatic carbocycles. The summed E-state index contributed by atoms with van der Waals surface area (Å²) in [4.78, 5) is 3.93. The molecule has 0 amide bonds. The first-order chi connectivity index (χ1) is 8.18. The Morgan fingerprint density at radius 1 is 1.12 bits per heavy atom. The summed E-state index contributed by atoms with van der Waals surface area (Å²) in [6.07, 6.45) is 3.35. The van der Waals surface area contributed by atoms with Crippen LogP contribution < -0.4 is 0 Å². The summed E-state index contributed by atoms with van der Waals surface area (Å²) in [6.45, 7) is 0. The van der Waals surface area contributed by atoms with Crippen LogP contribution in [-0.4, -0.2) is 13.4 Å². The van der Waals surface area contributed by atoms with Gasteiger partial charge in [-0.3, -0.25) is 4.98 Å². The minimum Gasteiger partial charge on any atom is -0.265 e. The van der Waals surface area contributed by atoms with Crippen LogP contribution >= 0.6 is 11.6 Å². The topological polar surface area (TPSA) is 47.0 Å². The lowest BCUT2D eigenvalue weighted by Crippen LogP contribution is -1.90. The summed E-state index contributed by atoms with van der Waals surface area (Å²) in [5.74, 6) is -0.0346. The molecule has 0 fully saturated rings. The summed E-state index contributed by atoms with van der Waals surface area (Å²) in [6, 6.07) is 9.05. The number of thiol groups is 1. The summed E-state index contributed by atoms with van der Waals surface area (Å²) in [5.41, 5.74) is 2.37. The Morgan fingerprint density at radius 3 is 2.47 bits per heavy atom. The Labute approximate surface area is 106 Å². The molecule has 0 saturated heterocycles. The lowest BCUT2D eigenvalue weighted by atomic mass is 10.0. The molecular formula is C12H10ClNO2S. The van der Waals surface area contributed by atoms with Gasteiger partial charge in [0.25, 0.3) is 0 Å². The van der Waals surface area contributed by atoms with Crippen molar-refractivity contribution in [1.82, 2.24) is 4.98 Å². The number of rotatable bonds is 3. The van der Waals surface area contributed by atoms with Crippen LogP contribution in [0.3, 0.4) is 0 Å². The molecule has 88 valence electrons. The molecule has 17 heavy (non-hydrogen) atoms. The van der Waals surface area contributed by atoms with Gasteiger partial charge in [0.2, 0.25) is 0 Å². The molecule has 0 bridgehead atoms. The molecular weight excluding hydrogens is 258 g/mol. The van der Waals surface area contributed by atoms with Gasteiger partial charge in [-0.2, -0.15) is 0 Å². The van der Waals surface area contributed by atoms with E-state index < -0.39 is 10.7 Å². The lowest BCUT2D eigenvalue weighted by molar-refractivity contribution is 0.614. The van der Waals surface area contributed by atoms with E-state index in [1.165, 1.54) is 0 Å². The van der Waals surface area contributed by atoms with Gasteiger partial charge in [-0.1, -0.05) is 29.8 Å². The molecule has 1 aromatic heterocycles. The molecule has 0 aliphatic heterocycles. The van der Waals surface area contributed by atoms with Gasteiger partial charge in [0.1, 0.15) is 10.7 Å². The highest BCUT2D eigenvalue weighted by Gasteiger charge is 2.08. The highest BCUT2D eigenvalue weighted by molar-refractivity contribution is 7.71. The van der Waals surface area contributed by atoms with Crippen molar-refractivity contribution in [2.24, 2.45) is 0 Å². The zero-order valence-electron chi connectivity index (χ0n) is 8.84. The predicted octanol–water partition coefficient (Wildman–Crippen LogP) is 2.51. The fourth-order valence-corrected chi connectivity index (χ4v) is 2.53. The molecule has 3 nitrogen and oxygen atoms in total. The summed E-state index contributed by atoms with van der Waals surface area (Å²) < 4.78 is 21.5. The van der Waals surface area contributed by atoms with Crippen LogP contribution in [0.1, 0.15) is 5.56 Å². The molecule has 0 atom stereocenters. The Kier molecular flexibility index (Phi) is 3.76. The van der Waals surface area contributed by atoms with Crippen LogP contribution in [0.4, 0.5) is 0 Å². The Balaban J connectivity index is 2.50. The summed E-state index contributed by atoms with van der Waals surface area (Å²) >= 11 is 6.20. The molecule has 0 radical (unpaired) electrons. The third-order valence-electron chi connectivity index (χ3n) is 2.37. The lowest BCUT2D eigenvalue weighted by Gasteiger charge is -2.07. The van der Waals surface area contributed by atoms with Gasteiger partial charge in [0.05, 0.1) is 10.8 Å². The van der Waals surface area contributed by atoms with E-state index in [-0.39, 0.29) is 5.75 Å². The van der Waals surface area contributed by atoms with Crippen molar-refractivity contribution in [3.05, 3.63) is 53.3 Å². The normalized spacial score (nSPS) is 10.7. The molecule has 2 rings (SSSR count). The van der Waals surface area contributed by atoms with Gasteiger partial charge in [-0.15, -0.1) is 0 Å². The molecule has 0 N–H and O–H groups in total. The SMILES string of the molecule is O=[SH](=O)Cc1cccc(-c2ccncc2)c1Cl. The molecule has 2 aromatic rings. The first kappa shape index (κ1) is 12.1. The fourth-order valence-electron chi connectivity index (χ4n) is 1.60. The minimum atomic E-state index is -2.47. The molecule has 1 heterocycles. The van der Waals surface area contributed by atoms with E-state index >= 15 is 0 Å². The molecule has 0 unspecified atom stereocenters. The van der Waals surface area contributed by atoms with Gasteiger partial charge < -0.3 is 0 Å². The second-order valence-corrected chi connectivity index (χ2v) is 4.87. The van der Waals surface area contributed by atoms with E-state index in [1.807, 2.05) is 18.2 Å². The number of hydrogen-bond acceptors (Lipinski definition) is 3. The molecule has 1 aromatic carbocycles. The van der Waals surface area contributed by atoms with Crippen molar-refractivity contribution >= 4 is 22.3 Å². The number of hydrogen-bond donors (Lipinski definition) is 1. The maximum atomic E-state index is 10.7. The quantitative estimate of drug-likeness (QED) is 0.870. The second kappa shape index (κ2) is 5.29. The van der Waals surface area contributed by atoms with Crippen LogP contribution in [0.15, 0.2) is 42.7 Å². The molecule has 0 spiro atoms. The third-order valence-corrected chi connectivity index (χ3v) is 3.41. The minimum absolute atomic E-state index is 0.0346. The molecule has 0 aliphatic rings. The molecule has 0 saturated carbocycles. The van der Waals surface area contributed by atoms with Crippen molar-refractivity contribution in [3.63, 3.8) is 0 Å². The standard InChI is InChI=1S/C12H10ClNO2S/c13-12-10(8-17(15)16)2-1-3-11(12)9-4-6-14-7-5-9/h1-7,17H,8H2. The number of aromatic nitrogens is 1. The monoisotopic (exact) mass is 267 g/mol. The Morgan fingerprint density at radius 2 is 1.82 bits per heavy atom. The van der Waals surface area contributed by atoms with E-state index in [9.17, 15) is 8.42 Å². The highest BCUT2D eigenvalue weighted by Crippen LogP contribution is 2.30. The average molecular weight is 268 g/mol. The van der Waals surface area contributed by atoms with Crippen LogP contribution in [0.2, 0.25) is 5.02 Å². The smallest absolute Gasteiger partial charge is 0.144 e. The number of pyridine rings is 1. The van der Waals surface area contributed by atoms with Crippen molar-refractivity contribution in [2.45, 2.75) is 5.75 Å². The van der Waals surface area contributed by atoms with Crippen molar-refractivity contribution in [1.29, 1.82) is 0 Å². The number of benzene rings is 1. The van der Waals surface area contributed by atoms with E-state index in [2.05, 4.69) is 4.98 Å². The maximum absolute atomic E-state index is 10.7. The van der Waals surface area contributed by atoms with Gasteiger partial charge in [-0.05, 0) is 23.3 Å². The second-order valence-electron chi connectivity index (χ2n) is 3.51. The van der Waals surface area contributed by atoms with E-state index in [0.29, 0.717) is 10.6 Å². The van der Waals surface area contributed by atoms with Crippen LogP contribution in [0.5, 0.6) is 0 Å².